The average Bonchev–Trinajstić information content (AvgIpc) is 3.16. The van der Waals surface area contributed by atoms with Crippen LogP contribution in [0.1, 0.15) is 25.0 Å². The third kappa shape index (κ3) is 5.25. The van der Waals surface area contributed by atoms with Crippen molar-refractivity contribution >= 4 is 29.7 Å². The molecule has 0 aliphatic carbocycles. The van der Waals surface area contributed by atoms with Crippen LogP contribution >= 0.6 is 0 Å². The Labute approximate surface area is 190 Å². The van der Waals surface area contributed by atoms with Gasteiger partial charge in [-0.2, -0.15) is 0 Å². The molecule has 0 spiro atoms. The van der Waals surface area contributed by atoms with Gasteiger partial charge in [0.2, 0.25) is 0 Å². The fraction of sp³-hybridized carbons (Fsp3) is 0.0741. The van der Waals surface area contributed by atoms with Crippen LogP contribution in [0.4, 0.5) is 0 Å². The normalized spacial score (nSPS) is 13.9. The van der Waals surface area contributed by atoms with Crippen LogP contribution < -0.4 is 9.47 Å². The Morgan fingerprint density at radius 3 is 2.03 bits per heavy atom. The van der Waals surface area contributed by atoms with Crippen molar-refractivity contribution in [3.8, 4) is 22.6 Å². The van der Waals surface area contributed by atoms with E-state index in [1.54, 1.807) is 18.2 Å². The highest BCUT2D eigenvalue weighted by Crippen LogP contribution is 2.32. The summed E-state index contributed by atoms with van der Waals surface area (Å²) in [5.74, 6) is -0.949. The van der Waals surface area contributed by atoms with E-state index in [0.29, 0.717) is 16.9 Å². The zero-order valence-electron chi connectivity index (χ0n) is 18.0. The molecule has 1 heterocycles. The molecule has 6 heteroatoms. The van der Waals surface area contributed by atoms with E-state index in [4.69, 9.17) is 14.2 Å². The van der Waals surface area contributed by atoms with E-state index >= 15 is 0 Å². The Morgan fingerprint density at radius 1 is 0.758 bits per heavy atom. The van der Waals surface area contributed by atoms with E-state index in [0.717, 1.165) is 16.7 Å². The number of hydrogen-bond acceptors (Lipinski definition) is 6. The number of rotatable bonds is 5. The topological polar surface area (TPSA) is 78.9 Å². The molecular formula is C27H20O6. The van der Waals surface area contributed by atoms with Gasteiger partial charge in [0.1, 0.15) is 5.76 Å². The van der Waals surface area contributed by atoms with Gasteiger partial charge in [0.15, 0.2) is 11.5 Å². The molecule has 0 atom stereocenters. The number of ether oxygens (including phenoxy) is 3. The largest absolute Gasteiger partial charge is 0.423 e. The Morgan fingerprint density at radius 2 is 1.36 bits per heavy atom. The molecule has 4 rings (SSSR count). The predicted molar refractivity (Wildman–Crippen MR) is 123 cm³/mol. The van der Waals surface area contributed by atoms with Gasteiger partial charge in [-0.1, -0.05) is 60.7 Å². The highest BCUT2D eigenvalue weighted by atomic mass is 16.6. The van der Waals surface area contributed by atoms with E-state index in [9.17, 15) is 14.4 Å². The standard InChI is InChI=1S/C27H20O6/c1-17(28)31-24-13-8-19(15-26(24)32-18(2)29)14-23-16-25(33-27(23)30)22-11-9-21(10-12-22)20-6-4-3-5-7-20/h3-16H,1-2H3/b23-14+. The SMILES string of the molecule is CC(=O)Oc1ccc(/C=C2\C=C(c3ccc(-c4ccccc4)cc3)OC2=O)cc1OC(C)=O. The summed E-state index contributed by atoms with van der Waals surface area (Å²) >= 11 is 0. The van der Waals surface area contributed by atoms with Crippen LogP contribution in [0.25, 0.3) is 23.0 Å². The van der Waals surface area contributed by atoms with Crippen molar-refractivity contribution in [1.29, 1.82) is 0 Å². The number of cyclic esters (lactones) is 1. The summed E-state index contributed by atoms with van der Waals surface area (Å²) in [5, 5.41) is 0. The first kappa shape index (κ1) is 21.8. The number of esters is 3. The lowest BCUT2D eigenvalue weighted by Crippen LogP contribution is -2.07. The van der Waals surface area contributed by atoms with Gasteiger partial charge in [0.25, 0.3) is 0 Å². The summed E-state index contributed by atoms with van der Waals surface area (Å²) in [6.45, 7) is 2.50. The molecule has 1 aliphatic rings. The van der Waals surface area contributed by atoms with E-state index in [-0.39, 0.29) is 11.5 Å². The molecular weight excluding hydrogens is 420 g/mol. The molecule has 33 heavy (non-hydrogen) atoms. The van der Waals surface area contributed by atoms with Crippen molar-refractivity contribution in [2.24, 2.45) is 0 Å². The molecule has 0 saturated heterocycles. The quantitative estimate of drug-likeness (QED) is 0.309. The second-order valence-electron chi connectivity index (χ2n) is 7.33. The summed E-state index contributed by atoms with van der Waals surface area (Å²) in [4.78, 5) is 35.1. The van der Waals surface area contributed by atoms with Gasteiger partial charge in [-0.25, -0.2) is 4.79 Å². The number of benzene rings is 3. The molecule has 3 aromatic carbocycles. The summed E-state index contributed by atoms with van der Waals surface area (Å²) in [6.07, 6.45) is 3.27. The first-order chi connectivity index (χ1) is 15.9. The Balaban J connectivity index is 1.60. The fourth-order valence-corrected chi connectivity index (χ4v) is 3.36. The van der Waals surface area contributed by atoms with Crippen molar-refractivity contribution in [3.63, 3.8) is 0 Å². The van der Waals surface area contributed by atoms with Crippen LogP contribution in [-0.4, -0.2) is 17.9 Å². The molecule has 0 saturated carbocycles. The van der Waals surface area contributed by atoms with E-state index in [1.165, 1.54) is 26.0 Å². The van der Waals surface area contributed by atoms with Crippen LogP contribution in [0, 0.1) is 0 Å². The molecule has 3 aromatic rings. The molecule has 0 N–H and O–H groups in total. The zero-order chi connectivity index (χ0) is 23.4. The van der Waals surface area contributed by atoms with Crippen LogP contribution in [0.3, 0.4) is 0 Å². The second-order valence-corrected chi connectivity index (χ2v) is 7.33. The molecule has 0 bridgehead atoms. The number of hydrogen-bond donors (Lipinski definition) is 0. The van der Waals surface area contributed by atoms with E-state index in [2.05, 4.69) is 0 Å². The van der Waals surface area contributed by atoms with E-state index < -0.39 is 17.9 Å². The van der Waals surface area contributed by atoms with E-state index in [1.807, 2.05) is 54.6 Å². The Bertz CT molecular complexity index is 1280. The summed E-state index contributed by atoms with van der Waals surface area (Å²) in [7, 11) is 0. The van der Waals surface area contributed by atoms with Crippen LogP contribution in [-0.2, 0) is 19.1 Å². The van der Waals surface area contributed by atoms with Crippen molar-refractivity contribution in [3.05, 3.63) is 95.6 Å². The summed E-state index contributed by atoms with van der Waals surface area (Å²) in [5.41, 5.74) is 3.85. The summed E-state index contributed by atoms with van der Waals surface area (Å²) in [6, 6.07) is 22.4. The lowest BCUT2D eigenvalue weighted by molar-refractivity contribution is -0.134. The monoisotopic (exact) mass is 440 g/mol. The number of carbonyl (C=O) groups excluding carboxylic acids is 3. The van der Waals surface area contributed by atoms with Crippen LogP contribution in [0.5, 0.6) is 11.5 Å². The van der Waals surface area contributed by atoms with Crippen LogP contribution in [0.2, 0.25) is 0 Å². The summed E-state index contributed by atoms with van der Waals surface area (Å²) < 4.78 is 15.7. The maximum Gasteiger partial charge on any atom is 0.343 e. The van der Waals surface area contributed by atoms with Crippen LogP contribution in [0.15, 0.2) is 84.4 Å². The molecule has 0 amide bonds. The van der Waals surface area contributed by atoms with Crippen molar-refractivity contribution in [2.75, 3.05) is 0 Å². The zero-order valence-corrected chi connectivity index (χ0v) is 18.0. The Kier molecular flexibility index (Phi) is 6.17. The van der Waals surface area contributed by atoms with Gasteiger partial charge in [0, 0.05) is 19.4 Å². The first-order valence-corrected chi connectivity index (χ1v) is 10.2. The predicted octanol–water partition coefficient (Wildman–Crippen LogP) is 5.19. The van der Waals surface area contributed by atoms with Gasteiger partial charge in [-0.15, -0.1) is 0 Å². The van der Waals surface area contributed by atoms with Crippen molar-refractivity contribution in [2.45, 2.75) is 13.8 Å². The third-order valence-electron chi connectivity index (χ3n) is 4.80. The minimum Gasteiger partial charge on any atom is -0.423 e. The molecule has 1 aliphatic heterocycles. The maximum absolute atomic E-state index is 12.4. The lowest BCUT2D eigenvalue weighted by Gasteiger charge is -2.09. The van der Waals surface area contributed by atoms with Gasteiger partial charge in [-0.3, -0.25) is 9.59 Å². The van der Waals surface area contributed by atoms with Gasteiger partial charge in [0.05, 0.1) is 5.57 Å². The van der Waals surface area contributed by atoms with Crippen molar-refractivity contribution in [1.82, 2.24) is 0 Å². The molecule has 0 radical (unpaired) electrons. The highest BCUT2D eigenvalue weighted by molar-refractivity contribution is 6.05. The maximum atomic E-state index is 12.4. The smallest absolute Gasteiger partial charge is 0.343 e. The molecule has 0 unspecified atom stereocenters. The van der Waals surface area contributed by atoms with Gasteiger partial charge >= 0.3 is 17.9 Å². The lowest BCUT2D eigenvalue weighted by atomic mass is 10.0. The molecule has 0 fully saturated rings. The van der Waals surface area contributed by atoms with Gasteiger partial charge in [-0.05, 0) is 41.0 Å². The molecule has 6 nitrogen and oxygen atoms in total. The second kappa shape index (κ2) is 9.36. The third-order valence-corrected chi connectivity index (χ3v) is 4.80. The average molecular weight is 440 g/mol. The molecule has 164 valence electrons. The van der Waals surface area contributed by atoms with Crippen molar-refractivity contribution < 1.29 is 28.6 Å². The fourth-order valence-electron chi connectivity index (χ4n) is 3.36. The first-order valence-electron chi connectivity index (χ1n) is 10.2. The minimum atomic E-state index is -0.561. The highest BCUT2D eigenvalue weighted by Gasteiger charge is 2.22. The number of carbonyl (C=O) groups is 3. The minimum absolute atomic E-state index is 0.0825. The Hall–Kier alpha value is -4.45. The van der Waals surface area contributed by atoms with Gasteiger partial charge < -0.3 is 14.2 Å². The molecule has 0 aromatic heterocycles.